The Morgan fingerprint density at radius 2 is 1.80 bits per heavy atom. The fraction of sp³-hybridized carbons (Fsp3) is 0.524. The summed E-state index contributed by atoms with van der Waals surface area (Å²) >= 11 is 0. The van der Waals surface area contributed by atoms with E-state index in [1.807, 2.05) is 30.5 Å². The van der Waals surface area contributed by atoms with E-state index in [-0.39, 0.29) is 6.03 Å². The molecule has 25 heavy (non-hydrogen) atoms. The highest BCUT2D eigenvalue weighted by Crippen LogP contribution is 2.59. The van der Waals surface area contributed by atoms with E-state index in [1.54, 1.807) is 6.20 Å². The van der Waals surface area contributed by atoms with Crippen molar-refractivity contribution in [2.45, 2.75) is 38.5 Å². The van der Waals surface area contributed by atoms with Gasteiger partial charge in [0.15, 0.2) is 0 Å². The zero-order chi connectivity index (χ0) is 16.9. The number of urea groups is 1. The van der Waals surface area contributed by atoms with Gasteiger partial charge in [-0.3, -0.25) is 4.98 Å². The number of rotatable bonds is 3. The largest absolute Gasteiger partial charge is 0.337 e. The van der Waals surface area contributed by atoms with Crippen molar-refractivity contribution in [1.82, 2.24) is 10.3 Å². The predicted octanol–water partition coefficient (Wildman–Crippen LogP) is 4.57. The number of nitrogens with zero attached hydrogens (tertiary/aromatic N) is 1. The monoisotopic (exact) mass is 335 g/mol. The molecule has 2 amide bonds. The lowest BCUT2D eigenvalue weighted by molar-refractivity contribution is -0.0496. The molecule has 4 nitrogen and oxygen atoms in total. The van der Waals surface area contributed by atoms with Crippen LogP contribution in [0.1, 0.15) is 38.5 Å². The zero-order valence-corrected chi connectivity index (χ0v) is 14.5. The van der Waals surface area contributed by atoms with Gasteiger partial charge in [0.05, 0.1) is 5.69 Å². The van der Waals surface area contributed by atoms with E-state index in [0.29, 0.717) is 5.41 Å². The van der Waals surface area contributed by atoms with Crippen molar-refractivity contribution >= 4 is 22.5 Å². The number of hydrogen-bond acceptors (Lipinski definition) is 2. The van der Waals surface area contributed by atoms with E-state index >= 15 is 0 Å². The summed E-state index contributed by atoms with van der Waals surface area (Å²) in [4.78, 5) is 16.7. The summed E-state index contributed by atoms with van der Waals surface area (Å²) in [6, 6.07) is 7.79. The number of anilines is 1. The van der Waals surface area contributed by atoms with Gasteiger partial charge in [-0.05, 0) is 73.8 Å². The highest BCUT2D eigenvalue weighted by molar-refractivity contribution is 6.01. The molecule has 0 aliphatic heterocycles. The first-order chi connectivity index (χ1) is 12.2. The third-order valence-electron chi connectivity index (χ3n) is 6.72. The summed E-state index contributed by atoms with van der Waals surface area (Å²) in [6.45, 7) is 0.828. The van der Waals surface area contributed by atoms with E-state index in [0.717, 1.165) is 40.8 Å². The molecular formula is C21H25N3O. The highest BCUT2D eigenvalue weighted by atomic mass is 16.2. The van der Waals surface area contributed by atoms with Crippen molar-refractivity contribution in [2.24, 2.45) is 23.2 Å². The number of pyridine rings is 1. The second kappa shape index (κ2) is 5.72. The molecule has 0 unspecified atom stereocenters. The number of aromatic nitrogens is 1. The van der Waals surface area contributed by atoms with Crippen LogP contribution in [0.3, 0.4) is 0 Å². The van der Waals surface area contributed by atoms with Crippen molar-refractivity contribution in [1.29, 1.82) is 0 Å². The molecule has 4 bridgehead atoms. The van der Waals surface area contributed by atoms with Gasteiger partial charge in [0.1, 0.15) is 0 Å². The van der Waals surface area contributed by atoms with Gasteiger partial charge in [0.25, 0.3) is 0 Å². The Morgan fingerprint density at radius 1 is 1.08 bits per heavy atom. The minimum Gasteiger partial charge on any atom is -0.337 e. The summed E-state index contributed by atoms with van der Waals surface area (Å²) in [5.41, 5.74) is 1.22. The number of carbonyl (C=O) groups excluding carboxylic acids is 1. The van der Waals surface area contributed by atoms with Crippen molar-refractivity contribution in [3.05, 3.63) is 36.7 Å². The van der Waals surface area contributed by atoms with E-state index in [9.17, 15) is 4.79 Å². The fourth-order valence-corrected chi connectivity index (χ4v) is 6.17. The molecule has 2 aromatic rings. The zero-order valence-electron chi connectivity index (χ0n) is 14.5. The van der Waals surface area contributed by atoms with E-state index in [1.165, 1.54) is 38.5 Å². The number of fused-ring (bicyclic) bond motifs is 1. The van der Waals surface area contributed by atoms with Crippen LogP contribution in [-0.4, -0.2) is 17.6 Å². The molecule has 6 rings (SSSR count). The molecule has 4 aliphatic carbocycles. The van der Waals surface area contributed by atoms with Gasteiger partial charge in [-0.1, -0.05) is 12.1 Å². The number of nitrogens with one attached hydrogen (secondary N) is 2. The van der Waals surface area contributed by atoms with Crippen LogP contribution in [0.2, 0.25) is 0 Å². The van der Waals surface area contributed by atoms with Gasteiger partial charge in [0.2, 0.25) is 0 Å². The van der Waals surface area contributed by atoms with E-state index in [2.05, 4.69) is 15.6 Å². The Labute approximate surface area is 148 Å². The van der Waals surface area contributed by atoms with Crippen molar-refractivity contribution in [3.8, 4) is 0 Å². The molecule has 4 saturated carbocycles. The molecule has 0 radical (unpaired) electrons. The summed E-state index contributed by atoms with van der Waals surface area (Å²) in [7, 11) is 0. The highest BCUT2D eigenvalue weighted by Gasteiger charge is 2.50. The predicted molar refractivity (Wildman–Crippen MR) is 99.4 cm³/mol. The smallest absolute Gasteiger partial charge is 0.319 e. The third-order valence-corrected chi connectivity index (χ3v) is 6.72. The second-order valence-corrected chi connectivity index (χ2v) is 8.63. The Morgan fingerprint density at radius 3 is 2.52 bits per heavy atom. The topological polar surface area (TPSA) is 54.0 Å². The quantitative estimate of drug-likeness (QED) is 0.863. The molecule has 0 spiro atoms. The van der Waals surface area contributed by atoms with Gasteiger partial charge in [0, 0.05) is 29.7 Å². The maximum Gasteiger partial charge on any atom is 0.319 e. The van der Waals surface area contributed by atoms with Crippen LogP contribution in [0.15, 0.2) is 36.7 Å². The maximum absolute atomic E-state index is 12.5. The van der Waals surface area contributed by atoms with Gasteiger partial charge in [-0.15, -0.1) is 0 Å². The summed E-state index contributed by atoms with van der Waals surface area (Å²) in [5, 5.41) is 8.30. The summed E-state index contributed by atoms with van der Waals surface area (Å²) in [6.07, 6.45) is 11.9. The molecular weight excluding hydrogens is 310 g/mol. The molecule has 4 aliphatic rings. The Hall–Kier alpha value is -2.10. The Kier molecular flexibility index (Phi) is 3.47. The van der Waals surface area contributed by atoms with Crippen LogP contribution in [0.5, 0.6) is 0 Å². The van der Waals surface area contributed by atoms with E-state index < -0.39 is 0 Å². The molecule has 0 atom stereocenters. The summed E-state index contributed by atoms with van der Waals surface area (Å²) in [5.74, 6) is 2.75. The van der Waals surface area contributed by atoms with Crippen molar-refractivity contribution < 1.29 is 4.79 Å². The maximum atomic E-state index is 12.5. The molecule has 4 fully saturated rings. The first kappa shape index (κ1) is 15.2. The van der Waals surface area contributed by atoms with Gasteiger partial charge >= 0.3 is 6.03 Å². The van der Waals surface area contributed by atoms with Gasteiger partial charge < -0.3 is 10.6 Å². The lowest BCUT2D eigenvalue weighted by Gasteiger charge is -2.56. The lowest BCUT2D eigenvalue weighted by atomic mass is 9.49. The van der Waals surface area contributed by atoms with Crippen LogP contribution in [0.25, 0.3) is 10.8 Å². The molecule has 2 N–H and O–H groups in total. The minimum atomic E-state index is -0.0833. The average Bonchev–Trinajstić information content (AvgIpc) is 2.59. The third kappa shape index (κ3) is 2.78. The Bertz CT molecular complexity index is 775. The SMILES string of the molecule is O=C(NCC12CC3CC(CC(C3)C1)C2)Nc1cccc2cnccc12. The first-order valence-corrected chi connectivity index (χ1v) is 9.57. The lowest BCUT2D eigenvalue weighted by Crippen LogP contribution is -2.51. The van der Waals surface area contributed by atoms with Crippen LogP contribution in [0.4, 0.5) is 10.5 Å². The Balaban J connectivity index is 1.27. The number of benzene rings is 1. The molecule has 1 heterocycles. The molecule has 1 aromatic carbocycles. The van der Waals surface area contributed by atoms with E-state index in [4.69, 9.17) is 0 Å². The van der Waals surface area contributed by atoms with Crippen molar-refractivity contribution in [2.75, 3.05) is 11.9 Å². The number of amides is 2. The molecule has 130 valence electrons. The average molecular weight is 335 g/mol. The van der Waals surface area contributed by atoms with Crippen LogP contribution >= 0.6 is 0 Å². The van der Waals surface area contributed by atoms with Crippen LogP contribution in [-0.2, 0) is 0 Å². The number of hydrogen-bond donors (Lipinski definition) is 2. The molecule has 1 aromatic heterocycles. The van der Waals surface area contributed by atoms with Gasteiger partial charge in [-0.25, -0.2) is 4.79 Å². The number of carbonyl (C=O) groups is 1. The fourth-order valence-electron chi connectivity index (χ4n) is 6.17. The first-order valence-electron chi connectivity index (χ1n) is 9.57. The normalized spacial score (nSPS) is 32.7. The standard InChI is InChI=1S/C21H25N3O/c25-20(24-19-3-1-2-17-12-22-5-4-18(17)19)23-13-21-9-14-6-15(10-21)8-16(7-14)11-21/h1-5,12,14-16H,6-11,13H2,(H2,23,24,25). The van der Waals surface area contributed by atoms with Crippen LogP contribution in [0, 0.1) is 23.2 Å². The van der Waals surface area contributed by atoms with Gasteiger partial charge in [-0.2, -0.15) is 0 Å². The molecule has 0 saturated heterocycles. The van der Waals surface area contributed by atoms with Crippen LogP contribution < -0.4 is 10.6 Å². The minimum absolute atomic E-state index is 0.0833. The van der Waals surface area contributed by atoms with Crippen molar-refractivity contribution in [3.63, 3.8) is 0 Å². The second-order valence-electron chi connectivity index (χ2n) is 8.63. The molecule has 4 heteroatoms. The summed E-state index contributed by atoms with van der Waals surface area (Å²) < 4.78 is 0.